The Labute approximate surface area is 192 Å². The van der Waals surface area contributed by atoms with Crippen LogP contribution in [0, 0.1) is 13.8 Å². The number of hydrogen-bond donors (Lipinski definition) is 1. The second-order valence-corrected chi connectivity index (χ2v) is 9.20. The predicted molar refractivity (Wildman–Crippen MR) is 129 cm³/mol. The summed E-state index contributed by atoms with van der Waals surface area (Å²) in [7, 11) is 3.77. The molecule has 170 valence electrons. The molecular weight excluding hydrogens is 416 g/mol. The van der Waals surface area contributed by atoms with Gasteiger partial charge in [-0.3, -0.25) is 9.69 Å². The fourth-order valence-electron chi connectivity index (χ4n) is 4.29. The molecule has 9 nitrogen and oxygen atoms in total. The van der Waals surface area contributed by atoms with Gasteiger partial charge < -0.3 is 9.88 Å². The molecule has 33 heavy (non-hydrogen) atoms. The number of likely N-dealkylation sites (N-methyl/N-ethyl adjacent to an activating group) is 1. The lowest BCUT2D eigenvalue weighted by Crippen LogP contribution is -2.27. The molecule has 0 radical (unpaired) electrons. The molecule has 1 fully saturated rings. The number of nitrogens with zero attached hydrogens (tertiary/aromatic N) is 7. The third kappa shape index (κ3) is 3.68. The number of rotatable bonds is 5. The summed E-state index contributed by atoms with van der Waals surface area (Å²) in [6.07, 6.45) is 3.61. The molecular formula is C24H28N8O. The number of hydrogen-bond acceptors (Lipinski definition) is 6. The summed E-state index contributed by atoms with van der Waals surface area (Å²) in [5, 5.41) is 4.35. The van der Waals surface area contributed by atoms with E-state index in [4.69, 9.17) is 4.98 Å². The Kier molecular flexibility index (Phi) is 5.01. The molecule has 0 unspecified atom stereocenters. The highest BCUT2D eigenvalue weighted by Gasteiger charge is 2.34. The van der Waals surface area contributed by atoms with Gasteiger partial charge in [0.05, 0.1) is 29.8 Å². The number of carbonyl (C=O) groups is 1. The summed E-state index contributed by atoms with van der Waals surface area (Å²) >= 11 is 0. The Bertz CT molecular complexity index is 1430. The lowest BCUT2D eigenvalue weighted by Gasteiger charge is -2.13. The summed E-state index contributed by atoms with van der Waals surface area (Å²) in [5.74, 6) is 1.68. The number of H-pyrrole nitrogens is 1. The summed E-state index contributed by atoms with van der Waals surface area (Å²) in [5.41, 5.74) is 8.28. The molecule has 5 rings (SSSR count). The topological polar surface area (TPSA) is 94.5 Å². The zero-order valence-electron chi connectivity index (χ0n) is 19.8. The predicted octanol–water partition coefficient (Wildman–Crippen LogP) is 3.45. The number of aliphatic imine (C=N–C) groups is 1. The highest BCUT2D eigenvalue weighted by Crippen LogP contribution is 2.38. The van der Waals surface area contributed by atoms with E-state index in [0.717, 1.165) is 50.5 Å². The Morgan fingerprint density at radius 2 is 2.03 bits per heavy atom. The van der Waals surface area contributed by atoms with E-state index in [9.17, 15) is 4.79 Å². The molecule has 4 aromatic rings. The molecule has 1 aliphatic heterocycles. The monoisotopic (exact) mass is 444 g/mol. The third-order valence-electron chi connectivity index (χ3n) is 6.14. The Balaban J connectivity index is 1.58. The van der Waals surface area contributed by atoms with Crippen molar-refractivity contribution >= 4 is 34.2 Å². The zero-order chi connectivity index (χ0) is 23.4. The molecule has 1 saturated heterocycles. The lowest BCUT2D eigenvalue weighted by atomic mass is 9.95. The Morgan fingerprint density at radius 3 is 2.76 bits per heavy atom. The van der Waals surface area contributed by atoms with Crippen molar-refractivity contribution in [1.29, 1.82) is 0 Å². The van der Waals surface area contributed by atoms with E-state index in [2.05, 4.69) is 47.8 Å². The van der Waals surface area contributed by atoms with Crippen molar-refractivity contribution in [3.63, 3.8) is 0 Å². The lowest BCUT2D eigenvalue weighted by molar-refractivity contribution is -0.125. The van der Waals surface area contributed by atoms with Gasteiger partial charge in [0.1, 0.15) is 12.2 Å². The van der Waals surface area contributed by atoms with Crippen LogP contribution in [0.2, 0.25) is 0 Å². The SMILES string of the molecule is Cc1c(-c2[nH]c3ccc(N=C4CN4C(=O)CN(C)C)nc3c2C(C)C)cn2ncnc2c1C. The Hall–Kier alpha value is -3.59. The van der Waals surface area contributed by atoms with Crippen LogP contribution in [0.3, 0.4) is 0 Å². The van der Waals surface area contributed by atoms with Crippen LogP contribution < -0.4 is 0 Å². The normalized spacial score (nSPS) is 15.0. The maximum absolute atomic E-state index is 12.2. The van der Waals surface area contributed by atoms with E-state index >= 15 is 0 Å². The second kappa shape index (κ2) is 7.77. The van der Waals surface area contributed by atoms with E-state index in [0.29, 0.717) is 18.9 Å². The molecule has 1 aliphatic rings. The number of aromatic nitrogens is 5. The summed E-state index contributed by atoms with van der Waals surface area (Å²) in [6.45, 7) is 9.48. The van der Waals surface area contributed by atoms with Crippen LogP contribution in [0.25, 0.3) is 27.9 Å². The van der Waals surface area contributed by atoms with E-state index in [1.807, 2.05) is 41.8 Å². The molecule has 1 N–H and O–H groups in total. The van der Waals surface area contributed by atoms with Crippen LogP contribution in [-0.4, -0.2) is 73.3 Å². The number of carbonyl (C=O) groups excluding carboxylic acids is 1. The van der Waals surface area contributed by atoms with Gasteiger partial charge in [0.2, 0.25) is 5.91 Å². The van der Waals surface area contributed by atoms with Crippen molar-refractivity contribution in [2.75, 3.05) is 27.2 Å². The molecule has 0 bridgehead atoms. The van der Waals surface area contributed by atoms with Gasteiger partial charge in [0, 0.05) is 17.3 Å². The highest BCUT2D eigenvalue weighted by atomic mass is 16.2. The average molecular weight is 445 g/mol. The van der Waals surface area contributed by atoms with Gasteiger partial charge in [-0.1, -0.05) is 13.8 Å². The van der Waals surface area contributed by atoms with E-state index in [-0.39, 0.29) is 11.8 Å². The van der Waals surface area contributed by atoms with Gasteiger partial charge >= 0.3 is 0 Å². The number of amides is 1. The van der Waals surface area contributed by atoms with Crippen LogP contribution in [0.15, 0.2) is 29.6 Å². The van der Waals surface area contributed by atoms with Gasteiger partial charge in [0.25, 0.3) is 0 Å². The standard InChI is InChI=1S/C24H28N8O/c1-13(2)21-22(16-9-32-24(25-12-26-32)15(4)14(16)3)27-17-7-8-18(29-23(17)21)28-19-10-31(19)20(33)11-30(5)6/h7-9,12-13,27H,10-11H2,1-6H3. The first-order valence-electron chi connectivity index (χ1n) is 11.1. The average Bonchev–Trinajstić information content (AvgIpc) is 3.18. The molecule has 0 atom stereocenters. The quantitative estimate of drug-likeness (QED) is 0.476. The van der Waals surface area contributed by atoms with Crippen molar-refractivity contribution < 1.29 is 4.79 Å². The van der Waals surface area contributed by atoms with Gasteiger partial charge in [-0.2, -0.15) is 5.10 Å². The van der Waals surface area contributed by atoms with E-state index in [1.54, 1.807) is 11.2 Å². The van der Waals surface area contributed by atoms with Crippen molar-refractivity contribution in [2.45, 2.75) is 33.6 Å². The maximum Gasteiger partial charge on any atom is 0.242 e. The van der Waals surface area contributed by atoms with Crippen LogP contribution in [-0.2, 0) is 4.79 Å². The Morgan fingerprint density at radius 1 is 1.24 bits per heavy atom. The number of aromatic amines is 1. The van der Waals surface area contributed by atoms with Crippen LogP contribution in [0.4, 0.5) is 5.82 Å². The van der Waals surface area contributed by atoms with Gasteiger partial charge in [-0.05, 0) is 57.1 Å². The van der Waals surface area contributed by atoms with Gasteiger partial charge in [0.15, 0.2) is 11.5 Å². The van der Waals surface area contributed by atoms with Crippen molar-refractivity contribution in [1.82, 2.24) is 34.4 Å². The summed E-state index contributed by atoms with van der Waals surface area (Å²) in [6, 6.07) is 3.91. The fraction of sp³-hybridized carbons (Fsp3) is 0.375. The van der Waals surface area contributed by atoms with Crippen LogP contribution in [0.5, 0.6) is 0 Å². The number of amidine groups is 1. The third-order valence-corrected chi connectivity index (χ3v) is 6.14. The number of fused-ring (bicyclic) bond motifs is 2. The number of aryl methyl sites for hydroxylation is 1. The first-order valence-corrected chi connectivity index (χ1v) is 11.1. The molecule has 0 spiro atoms. The molecule has 0 aromatic carbocycles. The second-order valence-electron chi connectivity index (χ2n) is 9.20. The smallest absolute Gasteiger partial charge is 0.242 e. The van der Waals surface area contributed by atoms with Crippen molar-refractivity contribution in [3.8, 4) is 11.3 Å². The maximum atomic E-state index is 12.2. The fourth-order valence-corrected chi connectivity index (χ4v) is 4.29. The molecule has 0 aliphatic carbocycles. The molecule has 4 aromatic heterocycles. The van der Waals surface area contributed by atoms with Crippen LogP contribution >= 0.6 is 0 Å². The minimum Gasteiger partial charge on any atom is -0.353 e. The van der Waals surface area contributed by atoms with Gasteiger partial charge in [-0.15, -0.1) is 0 Å². The number of nitrogens with one attached hydrogen (secondary N) is 1. The molecule has 1 amide bonds. The molecule has 9 heteroatoms. The largest absolute Gasteiger partial charge is 0.353 e. The summed E-state index contributed by atoms with van der Waals surface area (Å²) < 4.78 is 1.82. The first kappa shape index (κ1) is 21.3. The minimum absolute atomic E-state index is 0.0565. The summed E-state index contributed by atoms with van der Waals surface area (Å²) in [4.78, 5) is 33.3. The van der Waals surface area contributed by atoms with Crippen molar-refractivity contribution in [2.24, 2.45) is 4.99 Å². The van der Waals surface area contributed by atoms with E-state index < -0.39 is 0 Å². The van der Waals surface area contributed by atoms with E-state index in [1.165, 1.54) is 0 Å². The zero-order valence-corrected chi connectivity index (χ0v) is 19.8. The molecule has 5 heterocycles. The molecule has 0 saturated carbocycles. The first-order chi connectivity index (χ1) is 15.7. The van der Waals surface area contributed by atoms with Crippen molar-refractivity contribution in [3.05, 3.63) is 41.3 Å². The van der Waals surface area contributed by atoms with Crippen LogP contribution in [0.1, 0.15) is 36.5 Å². The van der Waals surface area contributed by atoms with Gasteiger partial charge in [-0.25, -0.2) is 19.5 Å². The minimum atomic E-state index is 0.0565. The highest BCUT2D eigenvalue weighted by molar-refractivity contribution is 6.13. The number of pyridine rings is 2.